The molecule has 0 N–H and O–H groups in total. The summed E-state index contributed by atoms with van der Waals surface area (Å²) in [6.45, 7) is -0.124. The summed E-state index contributed by atoms with van der Waals surface area (Å²) in [6, 6.07) is 2.64. The summed E-state index contributed by atoms with van der Waals surface area (Å²) in [4.78, 5) is 11.3. The largest absolute Gasteiger partial charge is 0.468 e. The van der Waals surface area contributed by atoms with Crippen LogP contribution in [0.15, 0.2) is 29.2 Å². The maximum Gasteiger partial charge on any atom is 0.327 e. The number of carbonyl (C=O) groups excluding carboxylic acids is 1. The van der Waals surface area contributed by atoms with E-state index in [1.165, 1.54) is 0 Å². The molecule has 2 atom stereocenters. The van der Waals surface area contributed by atoms with E-state index in [0.29, 0.717) is 0 Å². The number of hydrogen-bond donors (Lipinski definition) is 0. The fourth-order valence-electron chi connectivity index (χ4n) is 2.13. The predicted molar refractivity (Wildman–Crippen MR) is 65.6 cm³/mol. The molecule has 1 aromatic rings. The number of sulfonamides is 1. The molecule has 1 fully saturated rings. The minimum absolute atomic E-state index is 0.0831. The van der Waals surface area contributed by atoms with Crippen molar-refractivity contribution < 1.29 is 26.7 Å². The molecule has 1 aromatic carbocycles. The zero-order valence-electron chi connectivity index (χ0n) is 10.6. The Morgan fingerprint density at radius 1 is 1.35 bits per heavy atom. The molecule has 8 heteroatoms. The Morgan fingerprint density at radius 3 is 2.50 bits per heavy atom. The molecule has 0 saturated carbocycles. The van der Waals surface area contributed by atoms with Gasteiger partial charge < -0.3 is 4.74 Å². The van der Waals surface area contributed by atoms with Crippen LogP contribution in [0.3, 0.4) is 0 Å². The van der Waals surface area contributed by atoms with E-state index in [1.54, 1.807) is 0 Å². The highest BCUT2D eigenvalue weighted by Crippen LogP contribution is 2.28. The van der Waals surface area contributed by atoms with Crippen molar-refractivity contribution in [1.82, 2.24) is 4.31 Å². The molecule has 20 heavy (non-hydrogen) atoms. The minimum atomic E-state index is -4.07. The highest BCUT2D eigenvalue weighted by atomic mass is 32.2. The SMILES string of the molecule is COC(=O)C1[C@@H](F)CCN1S(=O)(=O)c1ccc(F)cc1. The van der Waals surface area contributed by atoms with E-state index in [4.69, 9.17) is 0 Å². The third kappa shape index (κ3) is 2.53. The molecule has 0 aliphatic carbocycles. The standard InChI is InChI=1S/C12H13F2NO4S/c1-19-12(16)11-10(14)6-7-15(11)20(17,18)9-4-2-8(13)3-5-9/h2-5,10-11H,6-7H2,1H3/t10-,11?/m0/s1. The van der Waals surface area contributed by atoms with Gasteiger partial charge in [0.25, 0.3) is 0 Å². The van der Waals surface area contributed by atoms with Gasteiger partial charge in [0.05, 0.1) is 12.0 Å². The van der Waals surface area contributed by atoms with E-state index in [2.05, 4.69) is 4.74 Å². The number of rotatable bonds is 3. The highest BCUT2D eigenvalue weighted by Gasteiger charge is 2.46. The van der Waals surface area contributed by atoms with Crippen molar-refractivity contribution >= 4 is 16.0 Å². The lowest BCUT2D eigenvalue weighted by Crippen LogP contribution is -2.44. The van der Waals surface area contributed by atoms with Crippen molar-refractivity contribution in [3.63, 3.8) is 0 Å². The van der Waals surface area contributed by atoms with E-state index < -0.39 is 34.0 Å². The molecule has 0 aromatic heterocycles. The van der Waals surface area contributed by atoms with Crippen LogP contribution in [-0.2, 0) is 19.6 Å². The predicted octanol–water partition coefficient (Wildman–Crippen LogP) is 1.10. The fraction of sp³-hybridized carbons (Fsp3) is 0.417. The van der Waals surface area contributed by atoms with Crippen molar-refractivity contribution in [3.8, 4) is 0 Å². The number of alkyl halides is 1. The molecule has 1 aliphatic heterocycles. The van der Waals surface area contributed by atoms with Crippen LogP contribution in [0.5, 0.6) is 0 Å². The number of nitrogens with zero attached hydrogens (tertiary/aromatic N) is 1. The summed E-state index contributed by atoms with van der Waals surface area (Å²) < 4.78 is 56.5. The number of methoxy groups -OCH3 is 1. The van der Waals surface area contributed by atoms with Crippen molar-refractivity contribution in [3.05, 3.63) is 30.1 Å². The maximum absolute atomic E-state index is 13.7. The lowest BCUT2D eigenvalue weighted by molar-refractivity contribution is -0.145. The highest BCUT2D eigenvalue weighted by molar-refractivity contribution is 7.89. The molecule has 0 spiro atoms. The Kier molecular flexibility index (Phi) is 4.05. The zero-order chi connectivity index (χ0) is 14.9. The first-order valence-corrected chi connectivity index (χ1v) is 7.31. The third-order valence-electron chi connectivity index (χ3n) is 3.14. The van der Waals surface area contributed by atoms with Crippen LogP contribution in [0, 0.1) is 5.82 Å². The van der Waals surface area contributed by atoms with Gasteiger partial charge in [0.2, 0.25) is 10.0 Å². The molecule has 1 unspecified atom stereocenters. The lowest BCUT2D eigenvalue weighted by atomic mass is 10.2. The fourth-order valence-corrected chi connectivity index (χ4v) is 3.74. The van der Waals surface area contributed by atoms with Crippen molar-refractivity contribution in [2.75, 3.05) is 13.7 Å². The van der Waals surface area contributed by atoms with E-state index in [-0.39, 0.29) is 17.9 Å². The van der Waals surface area contributed by atoms with Crippen LogP contribution in [0.1, 0.15) is 6.42 Å². The normalized spacial score (nSPS) is 23.8. The molecule has 5 nitrogen and oxygen atoms in total. The van der Waals surface area contributed by atoms with Gasteiger partial charge in [-0.1, -0.05) is 0 Å². The Labute approximate surface area is 115 Å². The van der Waals surface area contributed by atoms with Crippen LogP contribution < -0.4 is 0 Å². The van der Waals surface area contributed by atoms with Gasteiger partial charge in [0.15, 0.2) is 6.04 Å². The first-order valence-electron chi connectivity index (χ1n) is 5.87. The summed E-state index contributed by atoms with van der Waals surface area (Å²) in [7, 11) is -3.00. The van der Waals surface area contributed by atoms with Crippen LogP contribution in [0.25, 0.3) is 0 Å². The van der Waals surface area contributed by atoms with Crippen molar-refractivity contribution in [1.29, 1.82) is 0 Å². The molecule has 110 valence electrons. The molecule has 0 bridgehead atoms. The molecular weight excluding hydrogens is 292 g/mol. The quantitative estimate of drug-likeness (QED) is 0.785. The molecule has 0 radical (unpaired) electrons. The minimum Gasteiger partial charge on any atom is -0.468 e. The summed E-state index contributed by atoms with van der Waals surface area (Å²) in [5.41, 5.74) is 0. The summed E-state index contributed by atoms with van der Waals surface area (Å²) in [5, 5.41) is 0. The number of carbonyl (C=O) groups is 1. The van der Waals surface area contributed by atoms with E-state index >= 15 is 0 Å². The molecule has 1 saturated heterocycles. The second-order valence-corrected chi connectivity index (χ2v) is 6.23. The molecule has 0 amide bonds. The van der Waals surface area contributed by atoms with E-state index in [0.717, 1.165) is 35.7 Å². The Morgan fingerprint density at radius 2 is 1.95 bits per heavy atom. The number of ether oxygens (including phenoxy) is 1. The van der Waals surface area contributed by atoms with Crippen molar-refractivity contribution in [2.45, 2.75) is 23.5 Å². The number of halogens is 2. The van der Waals surface area contributed by atoms with Gasteiger partial charge in [-0.2, -0.15) is 4.31 Å². The second kappa shape index (κ2) is 5.45. The van der Waals surface area contributed by atoms with E-state index in [1.807, 2.05) is 0 Å². The average molecular weight is 305 g/mol. The first-order chi connectivity index (χ1) is 9.37. The number of hydrogen-bond acceptors (Lipinski definition) is 4. The van der Waals surface area contributed by atoms with Gasteiger partial charge in [0, 0.05) is 6.54 Å². The van der Waals surface area contributed by atoms with Crippen LogP contribution in [0.2, 0.25) is 0 Å². The monoisotopic (exact) mass is 305 g/mol. The van der Waals surface area contributed by atoms with Gasteiger partial charge in [-0.05, 0) is 30.7 Å². The average Bonchev–Trinajstić information content (AvgIpc) is 2.81. The second-order valence-electron chi connectivity index (χ2n) is 4.34. The molecule has 1 heterocycles. The number of benzene rings is 1. The van der Waals surface area contributed by atoms with Gasteiger partial charge >= 0.3 is 5.97 Å². The Balaban J connectivity index is 2.38. The van der Waals surface area contributed by atoms with Crippen LogP contribution in [0.4, 0.5) is 8.78 Å². The summed E-state index contributed by atoms with van der Waals surface area (Å²) in [6.07, 6.45) is -1.70. The zero-order valence-corrected chi connectivity index (χ0v) is 11.4. The van der Waals surface area contributed by atoms with E-state index in [9.17, 15) is 22.0 Å². The van der Waals surface area contributed by atoms with Gasteiger partial charge in [-0.15, -0.1) is 0 Å². The summed E-state index contributed by atoms with van der Waals surface area (Å²) >= 11 is 0. The van der Waals surface area contributed by atoms with Gasteiger partial charge in [-0.25, -0.2) is 17.2 Å². The first kappa shape index (κ1) is 14.9. The van der Waals surface area contributed by atoms with Crippen molar-refractivity contribution in [2.24, 2.45) is 0 Å². The molecular formula is C12H13F2NO4S. The smallest absolute Gasteiger partial charge is 0.327 e. The molecule has 2 rings (SSSR count). The topological polar surface area (TPSA) is 63.7 Å². The maximum atomic E-state index is 13.7. The molecule has 1 aliphatic rings. The Bertz CT molecular complexity index is 602. The number of esters is 1. The third-order valence-corrected chi connectivity index (χ3v) is 5.04. The lowest BCUT2D eigenvalue weighted by Gasteiger charge is -2.22. The Hall–Kier alpha value is -1.54. The van der Waals surface area contributed by atoms with Crippen LogP contribution >= 0.6 is 0 Å². The summed E-state index contributed by atoms with van der Waals surface area (Å²) in [5.74, 6) is -1.53. The van der Waals surface area contributed by atoms with Crippen LogP contribution in [-0.4, -0.2) is 44.6 Å². The van der Waals surface area contributed by atoms with Gasteiger partial charge in [-0.3, -0.25) is 4.79 Å². The van der Waals surface area contributed by atoms with Gasteiger partial charge in [0.1, 0.15) is 12.0 Å².